The minimum atomic E-state index is 0.0113. The standard InChI is InChI=1S/C11H18N2O2S/c1-11(2)8(4-9(11)15-3)13-7(6-14)5-12-10(13)16/h5,8-9,14H,4,6H2,1-3H3,(H,12,16). The Labute approximate surface area is 100 Å². The topological polar surface area (TPSA) is 50.2 Å². The van der Waals surface area contributed by atoms with Gasteiger partial charge >= 0.3 is 0 Å². The van der Waals surface area contributed by atoms with E-state index in [0.29, 0.717) is 10.8 Å². The normalized spacial score (nSPS) is 27.8. The van der Waals surface area contributed by atoms with Crippen molar-refractivity contribution in [3.63, 3.8) is 0 Å². The molecule has 1 aliphatic rings. The van der Waals surface area contributed by atoms with E-state index in [4.69, 9.17) is 17.0 Å². The van der Waals surface area contributed by atoms with Crippen molar-refractivity contribution in [2.24, 2.45) is 5.41 Å². The molecule has 1 aromatic heterocycles. The summed E-state index contributed by atoms with van der Waals surface area (Å²) in [4.78, 5) is 2.98. The molecule has 5 heteroatoms. The van der Waals surface area contributed by atoms with Crippen LogP contribution in [0.25, 0.3) is 0 Å². The first-order valence-electron chi connectivity index (χ1n) is 5.44. The number of aliphatic hydroxyl groups is 1. The second kappa shape index (κ2) is 3.98. The van der Waals surface area contributed by atoms with Crippen LogP contribution in [0.5, 0.6) is 0 Å². The van der Waals surface area contributed by atoms with Gasteiger partial charge in [-0.15, -0.1) is 0 Å². The van der Waals surface area contributed by atoms with Crippen molar-refractivity contribution >= 4 is 12.2 Å². The van der Waals surface area contributed by atoms with Gasteiger partial charge in [-0.2, -0.15) is 0 Å². The highest BCUT2D eigenvalue weighted by atomic mass is 32.1. The highest BCUT2D eigenvalue weighted by molar-refractivity contribution is 7.71. The van der Waals surface area contributed by atoms with Crippen LogP contribution >= 0.6 is 12.2 Å². The van der Waals surface area contributed by atoms with Gasteiger partial charge in [0.25, 0.3) is 0 Å². The number of nitrogens with zero attached hydrogens (tertiary/aromatic N) is 1. The van der Waals surface area contributed by atoms with E-state index < -0.39 is 0 Å². The van der Waals surface area contributed by atoms with Gasteiger partial charge in [-0.1, -0.05) is 13.8 Å². The van der Waals surface area contributed by atoms with Crippen LogP contribution in [-0.2, 0) is 11.3 Å². The molecule has 4 nitrogen and oxygen atoms in total. The minimum Gasteiger partial charge on any atom is -0.390 e. The molecule has 2 rings (SSSR count). The summed E-state index contributed by atoms with van der Waals surface area (Å²) in [5, 5.41) is 9.28. The highest BCUT2D eigenvalue weighted by Crippen LogP contribution is 2.51. The SMILES string of the molecule is COC1CC(n2c(CO)c[nH]c2=S)C1(C)C. The summed E-state index contributed by atoms with van der Waals surface area (Å²) >= 11 is 5.25. The lowest BCUT2D eigenvalue weighted by atomic mass is 9.64. The Morgan fingerprint density at radius 3 is 2.88 bits per heavy atom. The number of ether oxygens (including phenoxy) is 1. The fraction of sp³-hybridized carbons (Fsp3) is 0.727. The zero-order valence-corrected chi connectivity index (χ0v) is 10.7. The van der Waals surface area contributed by atoms with E-state index in [9.17, 15) is 5.11 Å². The molecule has 1 aliphatic carbocycles. The number of imidazole rings is 1. The van der Waals surface area contributed by atoms with Crippen molar-refractivity contribution in [2.45, 2.75) is 39.0 Å². The van der Waals surface area contributed by atoms with Gasteiger partial charge in [0.1, 0.15) is 0 Å². The molecular formula is C11H18N2O2S. The van der Waals surface area contributed by atoms with E-state index in [1.807, 2.05) is 4.57 Å². The number of hydrogen-bond acceptors (Lipinski definition) is 3. The Hall–Kier alpha value is -0.650. The average Bonchev–Trinajstić information content (AvgIpc) is 2.59. The second-order valence-corrected chi connectivity index (χ2v) is 5.30. The third-order valence-electron chi connectivity index (χ3n) is 3.77. The maximum atomic E-state index is 9.28. The summed E-state index contributed by atoms with van der Waals surface area (Å²) in [6.45, 7) is 4.36. The van der Waals surface area contributed by atoms with Gasteiger partial charge in [-0.3, -0.25) is 0 Å². The molecule has 1 aromatic rings. The van der Waals surface area contributed by atoms with Crippen LogP contribution in [0.2, 0.25) is 0 Å². The molecule has 0 aromatic carbocycles. The van der Waals surface area contributed by atoms with Gasteiger partial charge < -0.3 is 19.4 Å². The Kier molecular flexibility index (Phi) is 2.94. The number of hydrogen-bond donors (Lipinski definition) is 2. The van der Waals surface area contributed by atoms with Crippen molar-refractivity contribution in [2.75, 3.05) is 7.11 Å². The van der Waals surface area contributed by atoms with Crippen LogP contribution in [0.4, 0.5) is 0 Å². The van der Waals surface area contributed by atoms with E-state index in [1.54, 1.807) is 13.3 Å². The van der Waals surface area contributed by atoms with Crippen molar-refractivity contribution in [3.05, 3.63) is 16.7 Å². The van der Waals surface area contributed by atoms with Crippen LogP contribution in [0.15, 0.2) is 6.20 Å². The average molecular weight is 242 g/mol. The van der Waals surface area contributed by atoms with Gasteiger partial charge in [0.05, 0.1) is 18.4 Å². The van der Waals surface area contributed by atoms with Crippen molar-refractivity contribution in [1.82, 2.24) is 9.55 Å². The van der Waals surface area contributed by atoms with Gasteiger partial charge in [0.2, 0.25) is 0 Å². The molecule has 1 saturated carbocycles. The molecule has 1 fully saturated rings. The lowest BCUT2D eigenvalue weighted by molar-refractivity contribution is -0.114. The first kappa shape index (κ1) is 11.8. The first-order chi connectivity index (χ1) is 7.52. The molecule has 0 spiro atoms. The second-order valence-electron chi connectivity index (χ2n) is 4.91. The molecule has 2 N–H and O–H groups in total. The Balaban J connectivity index is 2.33. The van der Waals surface area contributed by atoms with Crippen molar-refractivity contribution < 1.29 is 9.84 Å². The van der Waals surface area contributed by atoms with Gasteiger partial charge in [-0.05, 0) is 18.6 Å². The first-order valence-corrected chi connectivity index (χ1v) is 5.85. The smallest absolute Gasteiger partial charge is 0.177 e. The lowest BCUT2D eigenvalue weighted by Crippen LogP contribution is -2.51. The number of nitrogens with one attached hydrogen (secondary N) is 1. The summed E-state index contributed by atoms with van der Waals surface area (Å²) in [6, 6.07) is 0.304. The molecule has 2 atom stereocenters. The van der Waals surface area contributed by atoms with Crippen molar-refractivity contribution in [3.8, 4) is 0 Å². The lowest BCUT2D eigenvalue weighted by Gasteiger charge is -2.51. The molecule has 2 unspecified atom stereocenters. The predicted molar refractivity (Wildman–Crippen MR) is 63.8 cm³/mol. The minimum absolute atomic E-state index is 0.0113. The van der Waals surface area contributed by atoms with E-state index in [1.165, 1.54) is 0 Å². The molecule has 0 radical (unpaired) electrons. The maximum absolute atomic E-state index is 9.28. The maximum Gasteiger partial charge on any atom is 0.177 e. The quantitative estimate of drug-likeness (QED) is 0.797. The number of rotatable bonds is 3. The number of aromatic nitrogens is 2. The number of methoxy groups -OCH3 is 1. The molecule has 0 saturated heterocycles. The largest absolute Gasteiger partial charge is 0.390 e. The summed E-state index contributed by atoms with van der Waals surface area (Å²) in [7, 11) is 1.74. The Morgan fingerprint density at radius 1 is 1.69 bits per heavy atom. The molecule has 90 valence electrons. The predicted octanol–water partition coefficient (Wildman–Crippen LogP) is 2.02. The number of aromatic amines is 1. The highest BCUT2D eigenvalue weighted by Gasteiger charge is 2.50. The summed E-state index contributed by atoms with van der Waals surface area (Å²) in [5.74, 6) is 0. The monoisotopic (exact) mass is 242 g/mol. The third kappa shape index (κ3) is 1.54. The Morgan fingerprint density at radius 2 is 2.38 bits per heavy atom. The summed E-state index contributed by atoms with van der Waals surface area (Å²) in [6.07, 6.45) is 2.99. The molecule has 0 amide bonds. The summed E-state index contributed by atoms with van der Waals surface area (Å²) in [5.41, 5.74) is 0.900. The van der Waals surface area contributed by atoms with Crippen LogP contribution < -0.4 is 0 Å². The van der Waals surface area contributed by atoms with Gasteiger partial charge in [0, 0.05) is 24.8 Å². The van der Waals surface area contributed by atoms with E-state index >= 15 is 0 Å². The van der Waals surface area contributed by atoms with Gasteiger partial charge in [0.15, 0.2) is 4.77 Å². The van der Waals surface area contributed by atoms with E-state index in [-0.39, 0.29) is 18.1 Å². The van der Waals surface area contributed by atoms with Crippen molar-refractivity contribution in [1.29, 1.82) is 0 Å². The zero-order valence-electron chi connectivity index (χ0n) is 9.86. The molecule has 0 bridgehead atoms. The number of H-pyrrole nitrogens is 1. The molecule has 16 heavy (non-hydrogen) atoms. The Bertz CT molecular complexity index is 435. The van der Waals surface area contributed by atoms with Crippen LogP contribution in [0.3, 0.4) is 0 Å². The van der Waals surface area contributed by atoms with E-state index in [2.05, 4.69) is 18.8 Å². The van der Waals surface area contributed by atoms with Crippen LogP contribution in [-0.4, -0.2) is 27.9 Å². The fourth-order valence-corrected chi connectivity index (χ4v) is 2.88. The number of aliphatic hydroxyl groups excluding tert-OH is 1. The third-order valence-corrected chi connectivity index (χ3v) is 4.09. The summed E-state index contributed by atoms with van der Waals surface area (Å²) < 4.78 is 8.12. The van der Waals surface area contributed by atoms with E-state index in [0.717, 1.165) is 12.1 Å². The fourth-order valence-electron chi connectivity index (χ4n) is 2.58. The van der Waals surface area contributed by atoms with Crippen LogP contribution in [0, 0.1) is 10.2 Å². The molecule has 0 aliphatic heterocycles. The van der Waals surface area contributed by atoms with Crippen LogP contribution in [0.1, 0.15) is 32.0 Å². The molecular weight excluding hydrogens is 224 g/mol. The van der Waals surface area contributed by atoms with Gasteiger partial charge in [-0.25, -0.2) is 0 Å². The molecule has 1 heterocycles. The zero-order chi connectivity index (χ0) is 11.9.